The van der Waals surface area contributed by atoms with Crippen molar-refractivity contribution >= 4 is 5.91 Å². The van der Waals surface area contributed by atoms with E-state index in [1.165, 1.54) is 35.1 Å². The molecule has 0 bridgehead atoms. The first-order valence-corrected chi connectivity index (χ1v) is 8.63. The highest BCUT2D eigenvalue weighted by Crippen LogP contribution is 2.24. The number of amides is 1. The van der Waals surface area contributed by atoms with Crippen molar-refractivity contribution in [3.05, 3.63) is 34.4 Å². The van der Waals surface area contributed by atoms with Gasteiger partial charge in [-0.05, 0) is 63.3 Å². The number of hydrogen-bond acceptors (Lipinski definition) is 2. The van der Waals surface area contributed by atoms with Gasteiger partial charge in [-0.15, -0.1) is 0 Å². The third kappa shape index (κ3) is 3.19. The number of rotatable bonds is 3. The number of carbonyl (C=O) groups is 1. The van der Waals surface area contributed by atoms with E-state index in [0.717, 1.165) is 39.0 Å². The van der Waals surface area contributed by atoms with Crippen LogP contribution in [-0.4, -0.2) is 41.4 Å². The van der Waals surface area contributed by atoms with E-state index in [1.54, 1.807) is 0 Å². The molecule has 1 aromatic carbocycles. The Kier molecular flexibility index (Phi) is 4.53. The van der Waals surface area contributed by atoms with Crippen LogP contribution in [0.25, 0.3) is 0 Å². The van der Waals surface area contributed by atoms with Crippen molar-refractivity contribution in [2.24, 2.45) is 0 Å². The molecular weight excluding hydrogens is 272 g/mol. The van der Waals surface area contributed by atoms with Crippen molar-refractivity contribution in [1.82, 2.24) is 9.80 Å². The molecule has 2 aliphatic heterocycles. The predicted molar refractivity (Wildman–Crippen MR) is 89.9 cm³/mol. The summed E-state index contributed by atoms with van der Waals surface area (Å²) in [6.07, 6.45) is 4.19. The van der Waals surface area contributed by atoms with Crippen molar-refractivity contribution in [1.29, 1.82) is 0 Å². The van der Waals surface area contributed by atoms with Gasteiger partial charge in [-0.25, -0.2) is 0 Å². The fourth-order valence-corrected chi connectivity index (χ4v) is 4.17. The van der Waals surface area contributed by atoms with Crippen LogP contribution in [0.2, 0.25) is 0 Å². The lowest BCUT2D eigenvalue weighted by Gasteiger charge is -2.38. The minimum Gasteiger partial charge on any atom is -0.338 e. The summed E-state index contributed by atoms with van der Waals surface area (Å²) in [5.41, 5.74) is 5.62. The Labute approximate surface area is 134 Å². The van der Waals surface area contributed by atoms with Crippen LogP contribution in [0, 0.1) is 20.8 Å². The molecule has 0 aromatic heterocycles. The van der Waals surface area contributed by atoms with Crippen molar-refractivity contribution in [3.8, 4) is 0 Å². The van der Waals surface area contributed by atoms with Crippen molar-refractivity contribution in [2.75, 3.05) is 19.6 Å². The molecule has 0 saturated carbocycles. The quantitative estimate of drug-likeness (QED) is 0.856. The summed E-state index contributed by atoms with van der Waals surface area (Å²) in [5.74, 6) is 0.370. The number of benzene rings is 1. The average molecular weight is 300 g/mol. The second-order valence-electron chi connectivity index (χ2n) is 7.10. The number of hydrogen-bond donors (Lipinski definition) is 0. The summed E-state index contributed by atoms with van der Waals surface area (Å²) in [6.45, 7) is 10.8. The zero-order valence-electron chi connectivity index (χ0n) is 14.2. The first-order chi connectivity index (χ1) is 10.5. The lowest BCUT2D eigenvalue weighted by molar-refractivity contribution is -0.130. The molecule has 3 rings (SSSR count). The molecular formula is C19H28N2O. The largest absolute Gasteiger partial charge is 0.338 e. The molecule has 0 aliphatic carbocycles. The predicted octanol–water partition coefficient (Wildman–Crippen LogP) is 3.20. The van der Waals surface area contributed by atoms with Crippen LogP contribution >= 0.6 is 0 Å². The molecule has 1 amide bonds. The van der Waals surface area contributed by atoms with Crippen LogP contribution in [0.1, 0.15) is 47.9 Å². The molecule has 120 valence electrons. The Morgan fingerprint density at radius 1 is 1.09 bits per heavy atom. The molecule has 0 unspecified atom stereocenters. The van der Waals surface area contributed by atoms with Crippen molar-refractivity contribution in [2.45, 2.75) is 59.0 Å². The number of nitrogens with zero attached hydrogens (tertiary/aromatic N) is 2. The molecule has 2 aliphatic rings. The number of piperidine rings is 1. The zero-order valence-corrected chi connectivity index (χ0v) is 14.2. The maximum absolute atomic E-state index is 12.0. The van der Waals surface area contributed by atoms with E-state index in [0.29, 0.717) is 11.9 Å². The second kappa shape index (κ2) is 6.41. The highest BCUT2D eigenvalue weighted by atomic mass is 16.2. The SMILES string of the molecule is Cc1cc(C)c(CN2CCC[C@H](N3CCCC3=O)C2)c(C)c1. The Morgan fingerprint density at radius 3 is 2.45 bits per heavy atom. The Bertz CT molecular complexity index is 544. The van der Waals surface area contributed by atoms with Gasteiger partial charge in [0.15, 0.2) is 0 Å². The van der Waals surface area contributed by atoms with Gasteiger partial charge >= 0.3 is 0 Å². The average Bonchev–Trinajstić information content (AvgIpc) is 2.89. The molecule has 2 saturated heterocycles. The van der Waals surface area contributed by atoms with Crippen molar-refractivity contribution in [3.63, 3.8) is 0 Å². The fraction of sp³-hybridized carbons (Fsp3) is 0.632. The number of carbonyl (C=O) groups excluding carboxylic acids is 1. The molecule has 0 radical (unpaired) electrons. The smallest absolute Gasteiger partial charge is 0.222 e. The first-order valence-electron chi connectivity index (χ1n) is 8.63. The molecule has 1 atom stereocenters. The van der Waals surface area contributed by atoms with E-state index < -0.39 is 0 Å². The summed E-state index contributed by atoms with van der Waals surface area (Å²) in [4.78, 5) is 16.7. The fourth-order valence-electron chi connectivity index (χ4n) is 4.17. The summed E-state index contributed by atoms with van der Waals surface area (Å²) in [6, 6.07) is 5.01. The summed E-state index contributed by atoms with van der Waals surface area (Å²) >= 11 is 0. The number of aryl methyl sites for hydroxylation is 3. The van der Waals surface area contributed by atoms with Gasteiger partial charge in [-0.3, -0.25) is 9.69 Å². The zero-order chi connectivity index (χ0) is 15.7. The second-order valence-corrected chi connectivity index (χ2v) is 7.10. The third-order valence-electron chi connectivity index (χ3n) is 5.25. The molecule has 2 heterocycles. The van der Waals surface area contributed by atoms with Crippen LogP contribution in [0.5, 0.6) is 0 Å². The molecule has 3 nitrogen and oxygen atoms in total. The van der Waals surface area contributed by atoms with E-state index in [9.17, 15) is 4.79 Å². The van der Waals surface area contributed by atoms with Gasteiger partial charge in [-0.1, -0.05) is 17.7 Å². The molecule has 0 spiro atoms. The van der Waals surface area contributed by atoms with Crippen LogP contribution in [0.3, 0.4) is 0 Å². The Morgan fingerprint density at radius 2 is 1.82 bits per heavy atom. The minimum atomic E-state index is 0.370. The normalized spacial score (nSPS) is 23.3. The molecule has 3 heteroatoms. The van der Waals surface area contributed by atoms with Gasteiger partial charge in [0.2, 0.25) is 5.91 Å². The van der Waals surface area contributed by atoms with Crippen LogP contribution < -0.4 is 0 Å². The van der Waals surface area contributed by atoms with Crippen molar-refractivity contribution < 1.29 is 4.79 Å². The van der Waals surface area contributed by atoms with Gasteiger partial charge in [0.1, 0.15) is 0 Å². The molecule has 2 fully saturated rings. The molecule has 0 N–H and O–H groups in total. The topological polar surface area (TPSA) is 23.6 Å². The van der Waals surface area contributed by atoms with E-state index in [-0.39, 0.29) is 0 Å². The van der Waals surface area contributed by atoms with Crippen LogP contribution in [0.15, 0.2) is 12.1 Å². The van der Waals surface area contributed by atoms with E-state index in [2.05, 4.69) is 42.7 Å². The van der Waals surface area contributed by atoms with Gasteiger partial charge in [-0.2, -0.15) is 0 Å². The molecule has 1 aromatic rings. The lowest BCUT2D eigenvalue weighted by atomic mass is 9.97. The van der Waals surface area contributed by atoms with E-state index in [4.69, 9.17) is 0 Å². The minimum absolute atomic E-state index is 0.370. The first kappa shape index (κ1) is 15.5. The summed E-state index contributed by atoms with van der Waals surface area (Å²) in [5, 5.41) is 0. The lowest BCUT2D eigenvalue weighted by Crippen LogP contribution is -2.48. The third-order valence-corrected chi connectivity index (χ3v) is 5.25. The van der Waals surface area contributed by atoms with Gasteiger partial charge in [0, 0.05) is 32.1 Å². The highest BCUT2D eigenvalue weighted by Gasteiger charge is 2.31. The maximum atomic E-state index is 12.0. The Balaban J connectivity index is 1.69. The van der Waals surface area contributed by atoms with Crippen LogP contribution in [0.4, 0.5) is 0 Å². The molecule has 22 heavy (non-hydrogen) atoms. The number of likely N-dealkylation sites (tertiary alicyclic amines) is 2. The van der Waals surface area contributed by atoms with E-state index >= 15 is 0 Å². The van der Waals surface area contributed by atoms with Gasteiger partial charge in [0.05, 0.1) is 0 Å². The highest BCUT2D eigenvalue weighted by molar-refractivity contribution is 5.78. The van der Waals surface area contributed by atoms with Crippen LogP contribution in [-0.2, 0) is 11.3 Å². The Hall–Kier alpha value is -1.35. The maximum Gasteiger partial charge on any atom is 0.222 e. The summed E-state index contributed by atoms with van der Waals surface area (Å²) in [7, 11) is 0. The monoisotopic (exact) mass is 300 g/mol. The van der Waals surface area contributed by atoms with E-state index in [1.807, 2.05) is 0 Å². The standard InChI is InChI=1S/C19H28N2O/c1-14-10-15(2)18(16(3)11-14)13-20-8-4-6-17(12-20)21-9-5-7-19(21)22/h10-11,17H,4-9,12-13H2,1-3H3/t17-/m0/s1. The summed E-state index contributed by atoms with van der Waals surface area (Å²) < 4.78 is 0. The van der Waals surface area contributed by atoms with Gasteiger partial charge in [0.25, 0.3) is 0 Å². The van der Waals surface area contributed by atoms with Gasteiger partial charge < -0.3 is 4.90 Å².